The highest BCUT2D eigenvalue weighted by Crippen LogP contribution is 2.28. The molecule has 3 heteroatoms. The number of pyridine rings is 1. The molecule has 1 atom stereocenters. The topological polar surface area (TPSA) is 41.6 Å². The van der Waals surface area contributed by atoms with Gasteiger partial charge in [-0.25, -0.2) is 0 Å². The van der Waals surface area contributed by atoms with Crippen molar-refractivity contribution < 1.29 is 0 Å². The van der Waals surface area contributed by atoms with Crippen molar-refractivity contribution in [3.63, 3.8) is 0 Å². The standard InChI is InChI=1S/C17H21N3/c1-4-13(3)17-16(5-2)15(9-18)12-20(17)11-14-7-6-8-19-10-14/h6-8,10,12-13H,4-5,11H2,1-3H3. The molecule has 1 unspecified atom stereocenters. The fourth-order valence-corrected chi connectivity index (χ4v) is 2.68. The van der Waals surface area contributed by atoms with Crippen molar-refractivity contribution in [2.45, 2.75) is 46.1 Å². The highest BCUT2D eigenvalue weighted by molar-refractivity contribution is 5.43. The zero-order chi connectivity index (χ0) is 14.5. The number of hydrogen-bond donors (Lipinski definition) is 0. The largest absolute Gasteiger partial charge is 0.345 e. The highest BCUT2D eigenvalue weighted by Gasteiger charge is 2.18. The van der Waals surface area contributed by atoms with Crippen LogP contribution in [0.4, 0.5) is 0 Å². The summed E-state index contributed by atoms with van der Waals surface area (Å²) in [5, 5.41) is 9.33. The summed E-state index contributed by atoms with van der Waals surface area (Å²) in [7, 11) is 0. The van der Waals surface area contributed by atoms with E-state index < -0.39 is 0 Å². The maximum Gasteiger partial charge on any atom is 0.101 e. The third kappa shape index (κ3) is 2.75. The molecule has 2 aromatic rings. The van der Waals surface area contributed by atoms with E-state index in [2.05, 4.69) is 42.5 Å². The third-order valence-corrected chi connectivity index (χ3v) is 3.86. The fourth-order valence-electron chi connectivity index (χ4n) is 2.68. The minimum absolute atomic E-state index is 0.462. The van der Waals surface area contributed by atoms with Gasteiger partial charge in [0.05, 0.1) is 5.56 Å². The summed E-state index contributed by atoms with van der Waals surface area (Å²) in [5.41, 5.74) is 4.48. The van der Waals surface area contributed by atoms with Gasteiger partial charge in [0.15, 0.2) is 0 Å². The number of hydrogen-bond acceptors (Lipinski definition) is 2. The van der Waals surface area contributed by atoms with Crippen LogP contribution in [-0.2, 0) is 13.0 Å². The van der Waals surface area contributed by atoms with Crippen molar-refractivity contribution in [3.8, 4) is 6.07 Å². The van der Waals surface area contributed by atoms with E-state index in [1.54, 1.807) is 6.20 Å². The first kappa shape index (κ1) is 14.3. The van der Waals surface area contributed by atoms with Crippen molar-refractivity contribution in [2.75, 3.05) is 0 Å². The lowest BCUT2D eigenvalue weighted by Crippen LogP contribution is -2.08. The summed E-state index contributed by atoms with van der Waals surface area (Å²) >= 11 is 0. The summed E-state index contributed by atoms with van der Waals surface area (Å²) in [6.07, 6.45) is 7.65. The normalized spacial score (nSPS) is 12.1. The Morgan fingerprint density at radius 2 is 2.20 bits per heavy atom. The molecule has 0 aromatic carbocycles. The second kappa shape index (κ2) is 6.38. The maximum atomic E-state index is 9.33. The maximum absolute atomic E-state index is 9.33. The van der Waals surface area contributed by atoms with Crippen molar-refractivity contribution in [1.29, 1.82) is 5.26 Å². The molecule has 0 amide bonds. The lowest BCUT2D eigenvalue weighted by molar-refractivity contribution is 0.632. The molecule has 0 fully saturated rings. The average Bonchev–Trinajstić information content (AvgIpc) is 2.84. The Balaban J connectivity index is 2.46. The van der Waals surface area contributed by atoms with E-state index in [-0.39, 0.29) is 0 Å². The van der Waals surface area contributed by atoms with Crippen LogP contribution in [0.3, 0.4) is 0 Å². The van der Waals surface area contributed by atoms with Crippen LogP contribution in [0.5, 0.6) is 0 Å². The lowest BCUT2D eigenvalue weighted by Gasteiger charge is -2.16. The second-order valence-corrected chi connectivity index (χ2v) is 5.17. The SMILES string of the molecule is CCc1c(C#N)cn(Cc2cccnc2)c1C(C)CC. The van der Waals surface area contributed by atoms with Gasteiger partial charge in [-0.2, -0.15) is 5.26 Å². The molecule has 0 N–H and O–H groups in total. The molecule has 104 valence electrons. The van der Waals surface area contributed by atoms with E-state index in [0.717, 1.165) is 24.9 Å². The molecule has 0 saturated carbocycles. The van der Waals surface area contributed by atoms with Crippen LogP contribution < -0.4 is 0 Å². The zero-order valence-electron chi connectivity index (χ0n) is 12.4. The molecule has 0 saturated heterocycles. The van der Waals surface area contributed by atoms with Crippen molar-refractivity contribution in [2.24, 2.45) is 0 Å². The second-order valence-electron chi connectivity index (χ2n) is 5.17. The molecule has 0 aliphatic heterocycles. The number of rotatable bonds is 5. The van der Waals surface area contributed by atoms with Gasteiger partial charge in [0.25, 0.3) is 0 Å². The van der Waals surface area contributed by atoms with E-state index in [9.17, 15) is 5.26 Å². The molecule has 2 heterocycles. The van der Waals surface area contributed by atoms with Gasteiger partial charge in [0.2, 0.25) is 0 Å². The Bertz CT molecular complexity index is 605. The van der Waals surface area contributed by atoms with Gasteiger partial charge >= 0.3 is 0 Å². The average molecular weight is 267 g/mol. The summed E-state index contributed by atoms with van der Waals surface area (Å²) in [5.74, 6) is 0.462. The van der Waals surface area contributed by atoms with Crippen LogP contribution in [0.2, 0.25) is 0 Å². The Morgan fingerprint density at radius 3 is 2.75 bits per heavy atom. The number of aromatic nitrogens is 2. The number of nitriles is 1. The van der Waals surface area contributed by atoms with E-state index in [1.165, 1.54) is 16.8 Å². The highest BCUT2D eigenvalue weighted by atomic mass is 15.0. The van der Waals surface area contributed by atoms with Crippen LogP contribution >= 0.6 is 0 Å². The molecule has 2 rings (SSSR count). The third-order valence-electron chi connectivity index (χ3n) is 3.86. The summed E-state index contributed by atoms with van der Waals surface area (Å²) < 4.78 is 2.22. The molecule has 0 radical (unpaired) electrons. The van der Waals surface area contributed by atoms with Gasteiger partial charge < -0.3 is 4.57 Å². The Morgan fingerprint density at radius 1 is 1.40 bits per heavy atom. The molecular weight excluding hydrogens is 246 g/mol. The smallest absolute Gasteiger partial charge is 0.101 e. The molecule has 0 aliphatic carbocycles. The molecule has 2 aromatic heterocycles. The monoisotopic (exact) mass is 267 g/mol. The minimum Gasteiger partial charge on any atom is -0.345 e. The van der Waals surface area contributed by atoms with Crippen molar-refractivity contribution >= 4 is 0 Å². The van der Waals surface area contributed by atoms with Gasteiger partial charge in [-0.15, -0.1) is 0 Å². The predicted octanol–water partition coefficient (Wildman–Crippen LogP) is 3.88. The number of nitrogens with zero attached hydrogens (tertiary/aromatic N) is 3. The van der Waals surface area contributed by atoms with Crippen LogP contribution in [0, 0.1) is 11.3 Å². The van der Waals surface area contributed by atoms with Gasteiger partial charge in [0, 0.05) is 30.8 Å². The van der Waals surface area contributed by atoms with Crippen LogP contribution in [0.1, 0.15) is 55.5 Å². The molecule has 0 spiro atoms. The van der Waals surface area contributed by atoms with E-state index in [0.29, 0.717) is 5.92 Å². The Hall–Kier alpha value is -2.08. The van der Waals surface area contributed by atoms with E-state index in [1.807, 2.05) is 18.5 Å². The summed E-state index contributed by atoms with van der Waals surface area (Å²) in [6.45, 7) is 7.33. The minimum atomic E-state index is 0.462. The molecule has 20 heavy (non-hydrogen) atoms. The molecular formula is C17H21N3. The Labute approximate surface area is 120 Å². The predicted molar refractivity (Wildman–Crippen MR) is 80.6 cm³/mol. The van der Waals surface area contributed by atoms with E-state index in [4.69, 9.17) is 0 Å². The van der Waals surface area contributed by atoms with Crippen LogP contribution in [0.25, 0.3) is 0 Å². The summed E-state index contributed by atoms with van der Waals surface area (Å²) in [6, 6.07) is 6.36. The van der Waals surface area contributed by atoms with Crippen molar-refractivity contribution in [1.82, 2.24) is 9.55 Å². The molecule has 0 bridgehead atoms. The van der Waals surface area contributed by atoms with E-state index >= 15 is 0 Å². The Kier molecular flexibility index (Phi) is 4.57. The van der Waals surface area contributed by atoms with Crippen molar-refractivity contribution in [3.05, 3.63) is 53.1 Å². The zero-order valence-corrected chi connectivity index (χ0v) is 12.4. The quantitative estimate of drug-likeness (QED) is 0.825. The van der Waals surface area contributed by atoms with Crippen LogP contribution in [0.15, 0.2) is 30.7 Å². The van der Waals surface area contributed by atoms with Crippen LogP contribution in [-0.4, -0.2) is 9.55 Å². The van der Waals surface area contributed by atoms with Gasteiger partial charge in [-0.1, -0.05) is 26.8 Å². The van der Waals surface area contributed by atoms with Gasteiger partial charge in [0.1, 0.15) is 6.07 Å². The van der Waals surface area contributed by atoms with Gasteiger partial charge in [-0.3, -0.25) is 4.98 Å². The molecule has 3 nitrogen and oxygen atoms in total. The first-order valence-corrected chi connectivity index (χ1v) is 7.22. The molecule has 0 aliphatic rings. The first-order chi connectivity index (χ1) is 9.71. The lowest BCUT2D eigenvalue weighted by atomic mass is 9.97. The first-order valence-electron chi connectivity index (χ1n) is 7.22. The van der Waals surface area contributed by atoms with Gasteiger partial charge in [-0.05, 0) is 36.0 Å². The fraction of sp³-hybridized carbons (Fsp3) is 0.412. The summed E-state index contributed by atoms with van der Waals surface area (Å²) in [4.78, 5) is 4.17.